The molecule has 1 heterocycles. The number of benzene rings is 1. The summed E-state index contributed by atoms with van der Waals surface area (Å²) in [4.78, 5) is 18.6. The fraction of sp³-hybridized carbons (Fsp3) is 0.429. The maximum atomic E-state index is 11.6. The van der Waals surface area contributed by atoms with Gasteiger partial charge in [0.2, 0.25) is 5.91 Å². The van der Waals surface area contributed by atoms with Gasteiger partial charge in [-0.05, 0) is 12.1 Å². The molecule has 21 heavy (non-hydrogen) atoms. The van der Waals surface area contributed by atoms with Crippen molar-refractivity contribution in [1.82, 2.24) is 4.90 Å². The lowest BCUT2D eigenvalue weighted by molar-refractivity contribution is -0.135. The average Bonchev–Trinajstić information content (AvgIpc) is 2.90. The van der Waals surface area contributed by atoms with Crippen molar-refractivity contribution in [2.75, 3.05) is 27.3 Å². The van der Waals surface area contributed by atoms with Crippen LogP contribution in [-0.4, -0.2) is 49.9 Å². The molecule has 1 aromatic rings. The standard InChI is InChI=1S/C14H16Cl2N2O3/c1-18(14(19)8-20-2)7-10-6-13(17-21-10)9-3-4-11(15)12(16)5-9/h3-5,10H,6-8H2,1-2H3/t10-/m0/s1. The molecule has 0 radical (unpaired) electrons. The molecule has 7 heteroatoms. The molecular formula is C14H16Cl2N2O3. The van der Waals surface area contributed by atoms with Crippen LogP contribution in [0.25, 0.3) is 0 Å². The van der Waals surface area contributed by atoms with E-state index in [2.05, 4.69) is 5.16 Å². The fourth-order valence-corrected chi connectivity index (χ4v) is 2.31. The van der Waals surface area contributed by atoms with Gasteiger partial charge in [-0.15, -0.1) is 0 Å². The van der Waals surface area contributed by atoms with E-state index in [0.717, 1.165) is 11.3 Å². The van der Waals surface area contributed by atoms with E-state index in [4.69, 9.17) is 32.8 Å². The predicted octanol–water partition coefficient (Wildman–Crippen LogP) is 2.59. The molecule has 1 aliphatic rings. The van der Waals surface area contributed by atoms with Crippen LogP contribution in [0.1, 0.15) is 12.0 Å². The molecule has 114 valence electrons. The quantitative estimate of drug-likeness (QED) is 0.833. The van der Waals surface area contributed by atoms with Crippen molar-refractivity contribution in [3.05, 3.63) is 33.8 Å². The Hall–Kier alpha value is -1.30. The highest BCUT2D eigenvalue weighted by atomic mass is 35.5. The van der Waals surface area contributed by atoms with Gasteiger partial charge in [0.25, 0.3) is 0 Å². The summed E-state index contributed by atoms with van der Waals surface area (Å²) in [6.07, 6.45) is 0.447. The molecule has 2 rings (SSSR count). The van der Waals surface area contributed by atoms with E-state index in [9.17, 15) is 4.79 Å². The summed E-state index contributed by atoms with van der Waals surface area (Å²) in [7, 11) is 3.20. The Morgan fingerprint density at radius 1 is 1.48 bits per heavy atom. The third-order valence-electron chi connectivity index (χ3n) is 3.16. The lowest BCUT2D eigenvalue weighted by Crippen LogP contribution is -2.36. The van der Waals surface area contributed by atoms with Gasteiger partial charge >= 0.3 is 0 Å². The van der Waals surface area contributed by atoms with Gasteiger partial charge in [0.05, 0.1) is 22.3 Å². The molecule has 1 aliphatic heterocycles. The summed E-state index contributed by atoms with van der Waals surface area (Å²) >= 11 is 11.9. The van der Waals surface area contributed by atoms with E-state index in [1.807, 2.05) is 6.07 Å². The van der Waals surface area contributed by atoms with E-state index >= 15 is 0 Å². The van der Waals surface area contributed by atoms with Crippen molar-refractivity contribution in [2.24, 2.45) is 5.16 Å². The molecule has 0 aromatic heterocycles. The van der Waals surface area contributed by atoms with Crippen LogP contribution in [0.15, 0.2) is 23.4 Å². The van der Waals surface area contributed by atoms with Crippen LogP contribution in [0.3, 0.4) is 0 Å². The Kier molecular flexibility index (Phi) is 5.45. The summed E-state index contributed by atoms with van der Waals surface area (Å²) in [5, 5.41) is 5.04. The highest BCUT2D eigenvalue weighted by Crippen LogP contribution is 2.25. The third-order valence-corrected chi connectivity index (χ3v) is 3.90. The summed E-state index contributed by atoms with van der Waals surface area (Å²) in [6, 6.07) is 5.33. The first kappa shape index (κ1) is 16.1. The van der Waals surface area contributed by atoms with Crippen molar-refractivity contribution < 1.29 is 14.4 Å². The van der Waals surface area contributed by atoms with Gasteiger partial charge in [0.15, 0.2) is 6.10 Å². The molecular weight excluding hydrogens is 315 g/mol. The number of hydrogen-bond acceptors (Lipinski definition) is 4. The highest BCUT2D eigenvalue weighted by molar-refractivity contribution is 6.42. The molecule has 0 aliphatic carbocycles. The smallest absolute Gasteiger partial charge is 0.248 e. The highest BCUT2D eigenvalue weighted by Gasteiger charge is 2.25. The molecule has 0 bridgehead atoms. The Balaban J connectivity index is 1.93. The minimum Gasteiger partial charge on any atom is -0.390 e. The zero-order chi connectivity index (χ0) is 15.4. The lowest BCUT2D eigenvalue weighted by Gasteiger charge is -2.19. The minimum absolute atomic E-state index is 0.0593. The van der Waals surface area contributed by atoms with Gasteiger partial charge in [-0.1, -0.05) is 34.4 Å². The van der Waals surface area contributed by atoms with Crippen LogP contribution in [0.2, 0.25) is 10.0 Å². The SMILES string of the molecule is COCC(=O)N(C)C[C@@H]1CC(c2ccc(Cl)c(Cl)c2)=NO1. The number of rotatable bonds is 5. The van der Waals surface area contributed by atoms with Gasteiger partial charge in [-0.3, -0.25) is 4.79 Å². The van der Waals surface area contributed by atoms with Gasteiger partial charge in [0.1, 0.15) is 6.61 Å². The molecule has 5 nitrogen and oxygen atoms in total. The molecule has 0 saturated heterocycles. The molecule has 0 unspecified atom stereocenters. The number of hydrogen-bond donors (Lipinski definition) is 0. The number of amides is 1. The van der Waals surface area contributed by atoms with Gasteiger partial charge in [0, 0.05) is 26.1 Å². The zero-order valence-corrected chi connectivity index (χ0v) is 13.3. The Morgan fingerprint density at radius 3 is 2.90 bits per heavy atom. The molecule has 1 aromatic carbocycles. The van der Waals surface area contributed by atoms with Crippen molar-refractivity contribution in [3.8, 4) is 0 Å². The van der Waals surface area contributed by atoms with Gasteiger partial charge in [-0.2, -0.15) is 0 Å². The van der Waals surface area contributed by atoms with Crippen molar-refractivity contribution >= 4 is 34.8 Å². The monoisotopic (exact) mass is 330 g/mol. The van der Waals surface area contributed by atoms with Gasteiger partial charge < -0.3 is 14.5 Å². The lowest BCUT2D eigenvalue weighted by atomic mass is 10.0. The number of methoxy groups -OCH3 is 1. The minimum atomic E-state index is -0.166. The summed E-state index contributed by atoms with van der Waals surface area (Å²) in [5.74, 6) is -0.0934. The van der Waals surface area contributed by atoms with Crippen molar-refractivity contribution in [2.45, 2.75) is 12.5 Å². The van der Waals surface area contributed by atoms with Crippen LogP contribution in [0.4, 0.5) is 0 Å². The van der Waals surface area contributed by atoms with Crippen molar-refractivity contribution in [1.29, 1.82) is 0 Å². The van der Waals surface area contributed by atoms with E-state index < -0.39 is 0 Å². The van der Waals surface area contributed by atoms with Crippen LogP contribution in [-0.2, 0) is 14.4 Å². The van der Waals surface area contributed by atoms with Gasteiger partial charge in [-0.25, -0.2) is 0 Å². The second-order valence-electron chi connectivity index (χ2n) is 4.81. The molecule has 1 atom stereocenters. The number of halogens is 2. The number of carbonyl (C=O) groups excluding carboxylic acids is 1. The second kappa shape index (κ2) is 7.11. The van der Waals surface area contributed by atoms with Crippen LogP contribution in [0, 0.1) is 0 Å². The summed E-state index contributed by atoms with van der Waals surface area (Å²) < 4.78 is 4.82. The summed E-state index contributed by atoms with van der Waals surface area (Å²) in [5.41, 5.74) is 1.67. The topological polar surface area (TPSA) is 51.1 Å². The van der Waals surface area contributed by atoms with E-state index in [-0.39, 0.29) is 18.6 Å². The van der Waals surface area contributed by atoms with E-state index in [1.165, 1.54) is 7.11 Å². The Labute approximate surface area is 133 Å². The predicted molar refractivity (Wildman–Crippen MR) is 82.0 cm³/mol. The van der Waals surface area contributed by atoms with Crippen molar-refractivity contribution in [3.63, 3.8) is 0 Å². The first-order chi connectivity index (χ1) is 10.0. The first-order valence-electron chi connectivity index (χ1n) is 6.42. The molecule has 0 spiro atoms. The first-order valence-corrected chi connectivity index (χ1v) is 7.18. The van der Waals surface area contributed by atoms with E-state index in [0.29, 0.717) is 23.0 Å². The Bertz CT molecular complexity index is 563. The molecule has 0 N–H and O–H groups in total. The molecule has 1 amide bonds. The maximum absolute atomic E-state index is 11.6. The number of oxime groups is 1. The third kappa shape index (κ3) is 4.09. The molecule has 0 fully saturated rings. The largest absolute Gasteiger partial charge is 0.390 e. The maximum Gasteiger partial charge on any atom is 0.248 e. The normalized spacial score (nSPS) is 17.3. The second-order valence-corrected chi connectivity index (χ2v) is 5.62. The van der Waals surface area contributed by atoms with Crippen LogP contribution >= 0.6 is 23.2 Å². The number of likely N-dealkylation sites (N-methyl/N-ethyl adjacent to an activating group) is 1. The van der Waals surface area contributed by atoms with Crippen LogP contribution in [0.5, 0.6) is 0 Å². The number of carbonyl (C=O) groups is 1. The molecule has 0 saturated carbocycles. The average molecular weight is 331 g/mol. The fourth-order valence-electron chi connectivity index (χ4n) is 2.01. The van der Waals surface area contributed by atoms with Crippen LogP contribution < -0.4 is 0 Å². The Morgan fingerprint density at radius 2 is 2.24 bits per heavy atom. The zero-order valence-electron chi connectivity index (χ0n) is 11.8. The number of nitrogens with zero attached hydrogens (tertiary/aromatic N) is 2. The van der Waals surface area contributed by atoms with E-state index in [1.54, 1.807) is 24.1 Å². The summed E-state index contributed by atoms with van der Waals surface area (Å²) in [6.45, 7) is 0.514. The number of ether oxygens (including phenoxy) is 1.